The van der Waals surface area contributed by atoms with E-state index in [4.69, 9.17) is 10.6 Å². The summed E-state index contributed by atoms with van der Waals surface area (Å²) in [6, 6.07) is 7.19. The summed E-state index contributed by atoms with van der Waals surface area (Å²) in [6.45, 7) is -0.115. The van der Waals surface area contributed by atoms with Crippen LogP contribution in [0.25, 0.3) is 5.65 Å². The van der Waals surface area contributed by atoms with E-state index in [0.717, 1.165) is 0 Å². The smallest absolute Gasteiger partial charge is 0.265 e. The van der Waals surface area contributed by atoms with Crippen LogP contribution in [0.3, 0.4) is 0 Å². The minimum atomic E-state index is -0.115. The zero-order valence-corrected chi connectivity index (χ0v) is 10.5. The van der Waals surface area contributed by atoms with Gasteiger partial charge in [-0.25, -0.2) is 10.8 Å². The first-order chi connectivity index (χ1) is 9.81. The summed E-state index contributed by atoms with van der Waals surface area (Å²) < 4.78 is 7.51. The number of rotatable bonds is 4. The lowest BCUT2D eigenvalue weighted by atomic mass is 10.2. The topological polar surface area (TPSA) is 97.7 Å². The molecule has 0 fully saturated rings. The Kier molecular flexibility index (Phi) is 3.20. The molecule has 2 heterocycles. The van der Waals surface area contributed by atoms with Crippen LogP contribution in [0.15, 0.2) is 42.9 Å². The Balaban J connectivity index is 2.07. The molecule has 0 unspecified atom stereocenters. The van der Waals surface area contributed by atoms with Crippen LogP contribution in [-0.2, 0) is 6.61 Å². The Morgan fingerprint density at radius 1 is 1.35 bits per heavy atom. The Bertz CT molecular complexity index is 740. The Labute approximate surface area is 114 Å². The average Bonchev–Trinajstić information content (AvgIpc) is 2.96. The van der Waals surface area contributed by atoms with Crippen molar-refractivity contribution in [3.63, 3.8) is 0 Å². The van der Waals surface area contributed by atoms with E-state index < -0.39 is 0 Å². The molecule has 0 aliphatic carbocycles. The molecule has 7 nitrogen and oxygen atoms in total. The Morgan fingerprint density at radius 3 is 3.00 bits per heavy atom. The second-order valence-electron chi connectivity index (χ2n) is 4.10. The number of imidazole rings is 1. The van der Waals surface area contributed by atoms with Gasteiger partial charge in [-0.15, -0.1) is 0 Å². The number of para-hydroxylation sites is 1. The molecule has 102 valence electrons. The SMILES string of the molecule is NNc1cn2ccnc2c(Oc2ccccc2CO)n1. The quantitative estimate of drug-likeness (QED) is 0.489. The van der Waals surface area contributed by atoms with Gasteiger partial charge in [0, 0.05) is 18.0 Å². The fourth-order valence-corrected chi connectivity index (χ4v) is 1.88. The van der Waals surface area contributed by atoms with Gasteiger partial charge in [-0.1, -0.05) is 18.2 Å². The maximum absolute atomic E-state index is 9.32. The highest BCUT2D eigenvalue weighted by Crippen LogP contribution is 2.27. The number of nitrogens with zero attached hydrogens (tertiary/aromatic N) is 3. The number of aromatic nitrogens is 3. The number of nitrogens with one attached hydrogen (secondary N) is 1. The van der Waals surface area contributed by atoms with Crippen molar-refractivity contribution in [3.05, 3.63) is 48.4 Å². The number of fused-ring (bicyclic) bond motifs is 1. The second-order valence-corrected chi connectivity index (χ2v) is 4.10. The normalized spacial score (nSPS) is 10.7. The lowest BCUT2D eigenvalue weighted by Gasteiger charge is -2.10. The van der Waals surface area contributed by atoms with E-state index >= 15 is 0 Å². The van der Waals surface area contributed by atoms with Crippen LogP contribution < -0.4 is 16.0 Å². The Hall–Kier alpha value is -2.64. The van der Waals surface area contributed by atoms with Crippen molar-refractivity contribution < 1.29 is 9.84 Å². The van der Waals surface area contributed by atoms with Crippen LogP contribution in [-0.4, -0.2) is 19.5 Å². The van der Waals surface area contributed by atoms with E-state index in [0.29, 0.717) is 28.7 Å². The average molecular weight is 271 g/mol. The molecule has 0 amide bonds. The molecule has 0 bridgehead atoms. The molecule has 7 heteroatoms. The first kappa shape index (κ1) is 12.4. The van der Waals surface area contributed by atoms with Gasteiger partial charge in [0.15, 0.2) is 5.82 Å². The molecule has 0 spiro atoms. The van der Waals surface area contributed by atoms with Crippen LogP contribution in [0.5, 0.6) is 11.6 Å². The number of nitrogens with two attached hydrogens (primary N) is 1. The molecule has 20 heavy (non-hydrogen) atoms. The van der Waals surface area contributed by atoms with Crippen molar-refractivity contribution in [2.75, 3.05) is 5.43 Å². The van der Waals surface area contributed by atoms with Crippen molar-refractivity contribution in [3.8, 4) is 11.6 Å². The zero-order chi connectivity index (χ0) is 13.9. The van der Waals surface area contributed by atoms with E-state index in [9.17, 15) is 5.11 Å². The van der Waals surface area contributed by atoms with Crippen LogP contribution in [0.2, 0.25) is 0 Å². The standard InChI is InChI=1S/C13H13N5O2/c14-17-11-7-18-6-5-15-12(18)13(16-11)20-10-4-2-1-3-9(10)8-19/h1-7,17,19H,8,14H2. The number of nitrogen functional groups attached to an aromatic ring is 1. The lowest BCUT2D eigenvalue weighted by molar-refractivity contribution is 0.276. The van der Waals surface area contributed by atoms with Gasteiger partial charge in [0.1, 0.15) is 5.75 Å². The van der Waals surface area contributed by atoms with E-state index in [1.54, 1.807) is 35.1 Å². The van der Waals surface area contributed by atoms with E-state index in [2.05, 4.69) is 15.4 Å². The molecule has 4 N–H and O–H groups in total. The molecule has 0 atom stereocenters. The molecule has 0 aliphatic heterocycles. The zero-order valence-electron chi connectivity index (χ0n) is 10.5. The molecule has 1 aromatic carbocycles. The lowest BCUT2D eigenvalue weighted by Crippen LogP contribution is -2.10. The molecule has 3 aromatic rings. The van der Waals surface area contributed by atoms with Crippen LogP contribution >= 0.6 is 0 Å². The van der Waals surface area contributed by atoms with Crippen molar-refractivity contribution in [2.45, 2.75) is 6.61 Å². The van der Waals surface area contributed by atoms with Gasteiger partial charge in [-0.3, -0.25) is 4.40 Å². The number of ether oxygens (including phenoxy) is 1. The van der Waals surface area contributed by atoms with E-state index in [1.165, 1.54) is 0 Å². The molecule has 0 aliphatic rings. The predicted octanol–water partition coefficient (Wildman–Crippen LogP) is 1.30. The van der Waals surface area contributed by atoms with Gasteiger partial charge in [0.2, 0.25) is 5.65 Å². The highest BCUT2D eigenvalue weighted by Gasteiger charge is 2.11. The summed E-state index contributed by atoms with van der Waals surface area (Å²) in [6.07, 6.45) is 5.11. The van der Waals surface area contributed by atoms with Gasteiger partial charge >= 0.3 is 0 Å². The second kappa shape index (κ2) is 5.16. The number of aliphatic hydroxyl groups is 1. The van der Waals surface area contributed by atoms with Crippen molar-refractivity contribution in [1.29, 1.82) is 0 Å². The summed E-state index contributed by atoms with van der Waals surface area (Å²) in [5.41, 5.74) is 3.71. The van der Waals surface area contributed by atoms with Crippen LogP contribution in [0.4, 0.5) is 5.82 Å². The molecule has 3 rings (SSSR count). The molecule has 0 saturated heterocycles. The van der Waals surface area contributed by atoms with Gasteiger partial charge in [-0.2, -0.15) is 4.98 Å². The third kappa shape index (κ3) is 2.15. The number of hydrogen-bond acceptors (Lipinski definition) is 6. The maximum atomic E-state index is 9.32. The highest BCUT2D eigenvalue weighted by molar-refractivity contribution is 5.55. The number of hydrogen-bond donors (Lipinski definition) is 3. The molecule has 2 aromatic heterocycles. The predicted molar refractivity (Wildman–Crippen MR) is 73.2 cm³/mol. The Morgan fingerprint density at radius 2 is 2.20 bits per heavy atom. The van der Waals surface area contributed by atoms with Gasteiger partial charge < -0.3 is 15.3 Å². The van der Waals surface area contributed by atoms with Gasteiger partial charge in [0.05, 0.1) is 12.8 Å². The molecule has 0 radical (unpaired) electrons. The summed E-state index contributed by atoms with van der Waals surface area (Å²) in [7, 11) is 0. The fraction of sp³-hybridized carbons (Fsp3) is 0.0769. The third-order valence-corrected chi connectivity index (χ3v) is 2.84. The van der Waals surface area contributed by atoms with Gasteiger partial charge in [-0.05, 0) is 6.07 Å². The van der Waals surface area contributed by atoms with Crippen molar-refractivity contribution in [2.24, 2.45) is 5.84 Å². The van der Waals surface area contributed by atoms with Crippen molar-refractivity contribution >= 4 is 11.5 Å². The summed E-state index contributed by atoms with van der Waals surface area (Å²) >= 11 is 0. The number of benzene rings is 1. The summed E-state index contributed by atoms with van der Waals surface area (Å²) in [4.78, 5) is 8.43. The minimum Gasteiger partial charge on any atom is -0.435 e. The number of anilines is 1. The number of aliphatic hydroxyl groups excluding tert-OH is 1. The molecular weight excluding hydrogens is 258 g/mol. The van der Waals surface area contributed by atoms with E-state index in [1.807, 2.05) is 12.1 Å². The molecule has 0 saturated carbocycles. The first-order valence-electron chi connectivity index (χ1n) is 5.99. The minimum absolute atomic E-state index is 0.115. The third-order valence-electron chi connectivity index (χ3n) is 2.84. The molecular formula is C13H13N5O2. The van der Waals surface area contributed by atoms with Crippen LogP contribution in [0.1, 0.15) is 5.56 Å². The maximum Gasteiger partial charge on any atom is 0.265 e. The first-order valence-corrected chi connectivity index (χ1v) is 5.99. The monoisotopic (exact) mass is 271 g/mol. The fourth-order valence-electron chi connectivity index (χ4n) is 1.88. The highest BCUT2D eigenvalue weighted by atomic mass is 16.5. The summed E-state index contributed by atoms with van der Waals surface area (Å²) in [5, 5.41) is 9.32. The van der Waals surface area contributed by atoms with Gasteiger partial charge in [0.25, 0.3) is 5.88 Å². The summed E-state index contributed by atoms with van der Waals surface area (Å²) in [5.74, 6) is 6.68. The van der Waals surface area contributed by atoms with E-state index in [-0.39, 0.29) is 6.61 Å². The van der Waals surface area contributed by atoms with Crippen LogP contribution in [0, 0.1) is 0 Å². The largest absolute Gasteiger partial charge is 0.435 e. The number of hydrazine groups is 1. The van der Waals surface area contributed by atoms with Crippen molar-refractivity contribution in [1.82, 2.24) is 14.4 Å².